The number of H-pyrrole nitrogens is 2. The van der Waals surface area contributed by atoms with Crippen LogP contribution in [0.4, 0.5) is 9.18 Å². The van der Waals surface area contributed by atoms with Crippen molar-refractivity contribution in [2.75, 3.05) is 26.9 Å². The van der Waals surface area contributed by atoms with Crippen LogP contribution < -0.4 is 5.32 Å². The van der Waals surface area contributed by atoms with Gasteiger partial charge in [0.25, 0.3) is 0 Å². The van der Waals surface area contributed by atoms with Gasteiger partial charge in [-0.25, -0.2) is 19.2 Å². The summed E-state index contributed by atoms with van der Waals surface area (Å²) in [6.45, 7) is 6.55. The molecular weight excluding hydrogens is 673 g/mol. The van der Waals surface area contributed by atoms with E-state index in [0.717, 1.165) is 71.5 Å². The molecule has 8 rings (SSSR count). The highest BCUT2D eigenvalue weighted by Gasteiger charge is 2.56. The van der Waals surface area contributed by atoms with Gasteiger partial charge in [-0.3, -0.25) is 9.59 Å². The highest BCUT2D eigenvalue weighted by atomic mass is 19.1. The van der Waals surface area contributed by atoms with E-state index in [1.54, 1.807) is 11.1 Å². The fraction of sp³-hybridized carbons (Fsp3) is 0.488. The van der Waals surface area contributed by atoms with E-state index in [9.17, 15) is 18.8 Å². The Hall–Kier alpha value is -5.18. The summed E-state index contributed by atoms with van der Waals surface area (Å²) in [7, 11) is 1.18. The number of benzene rings is 2. The van der Waals surface area contributed by atoms with Crippen LogP contribution in [0, 0.1) is 34.5 Å². The minimum Gasteiger partial charge on any atom is -0.453 e. The second kappa shape index (κ2) is 13.3. The van der Waals surface area contributed by atoms with Gasteiger partial charge in [0.15, 0.2) is 0 Å². The van der Waals surface area contributed by atoms with Crippen LogP contribution in [0.2, 0.25) is 0 Å². The van der Waals surface area contributed by atoms with E-state index in [1.165, 1.54) is 20.0 Å². The number of amides is 3. The number of halogens is 1. The molecule has 2 aliphatic carbocycles. The van der Waals surface area contributed by atoms with Crippen molar-refractivity contribution in [2.24, 2.45) is 22.7 Å². The predicted octanol–water partition coefficient (Wildman–Crippen LogP) is 6.45. The number of likely N-dealkylation sites (tertiary alicyclic amines) is 2. The van der Waals surface area contributed by atoms with Gasteiger partial charge in [-0.2, -0.15) is 0 Å². The first-order chi connectivity index (χ1) is 25.5. The van der Waals surface area contributed by atoms with Crippen molar-refractivity contribution in [1.29, 1.82) is 0 Å². The number of fused-ring (bicyclic) bond motifs is 1. The molecule has 4 atom stereocenters. The van der Waals surface area contributed by atoms with Crippen molar-refractivity contribution in [3.63, 3.8) is 0 Å². The Morgan fingerprint density at radius 1 is 0.906 bits per heavy atom. The molecule has 2 aliphatic heterocycles. The minimum absolute atomic E-state index is 0.0208. The maximum absolute atomic E-state index is 13.9. The number of hydrogen-bond acceptors (Lipinski definition) is 6. The van der Waals surface area contributed by atoms with Gasteiger partial charge in [0.05, 0.1) is 42.1 Å². The number of aromatic nitrogens is 4. The lowest BCUT2D eigenvalue weighted by Gasteiger charge is -2.28. The first-order valence-electron chi connectivity index (χ1n) is 18.7. The first kappa shape index (κ1) is 34.9. The molecule has 2 saturated carbocycles. The van der Waals surface area contributed by atoms with Crippen LogP contribution in [0.25, 0.3) is 22.3 Å². The number of methoxy groups -OCH3 is 1. The Kier molecular flexibility index (Phi) is 8.78. The van der Waals surface area contributed by atoms with Gasteiger partial charge in [-0.1, -0.05) is 44.7 Å². The molecule has 276 valence electrons. The maximum atomic E-state index is 13.9. The topological polar surface area (TPSA) is 136 Å². The van der Waals surface area contributed by atoms with E-state index in [1.807, 2.05) is 49.4 Å². The van der Waals surface area contributed by atoms with Crippen LogP contribution in [-0.4, -0.2) is 80.6 Å². The van der Waals surface area contributed by atoms with Crippen LogP contribution in [0.15, 0.2) is 48.7 Å². The van der Waals surface area contributed by atoms with Crippen LogP contribution in [-0.2, 0) is 14.3 Å². The lowest BCUT2D eigenvalue weighted by atomic mass is 9.96. The zero-order chi connectivity index (χ0) is 37.1. The van der Waals surface area contributed by atoms with E-state index in [-0.39, 0.29) is 40.7 Å². The number of nitrogens with zero attached hydrogens (tertiary/aromatic N) is 4. The standard InChI is InChI=1S/C41H46FN7O4/c1-24(2)25(3)37(50)48-22-41(15-16-41)19-34(48)36-44-29-12-9-27(17-30(29)45-36)6-5-26-7-10-28(11-8-26)32-21-43-35(46-32)33-18-40(13-14-40)23-49(33)38(51)31(20-42)47-39(52)53-4/h7-12,17,21,24-25,31,33-34H,13-16,18-20,22-23H2,1-4H3,(H,43,46)(H,44,45)(H,47,52)/t25-,31-,33-,34-/m0/s1. The van der Waals surface area contributed by atoms with Gasteiger partial charge < -0.3 is 29.8 Å². The number of ether oxygens (including phenoxy) is 1. The van der Waals surface area contributed by atoms with Gasteiger partial charge in [0, 0.05) is 30.1 Å². The van der Waals surface area contributed by atoms with E-state index in [2.05, 4.69) is 55.6 Å². The normalized spacial score (nSPS) is 21.8. The molecule has 2 aromatic heterocycles. The molecule has 0 bridgehead atoms. The molecule has 3 amide bonds. The molecule has 2 spiro atoms. The molecule has 4 fully saturated rings. The second-order valence-corrected chi connectivity index (χ2v) is 16.1. The highest BCUT2D eigenvalue weighted by molar-refractivity contribution is 5.86. The summed E-state index contributed by atoms with van der Waals surface area (Å²) >= 11 is 0. The molecule has 4 aliphatic rings. The average molecular weight is 720 g/mol. The van der Waals surface area contributed by atoms with Gasteiger partial charge in [-0.05, 0) is 91.2 Å². The predicted molar refractivity (Wildman–Crippen MR) is 197 cm³/mol. The summed E-state index contributed by atoms with van der Waals surface area (Å²) in [6.07, 6.45) is 6.97. The lowest BCUT2D eigenvalue weighted by molar-refractivity contribution is -0.137. The molecule has 0 radical (unpaired) electrons. The van der Waals surface area contributed by atoms with Crippen LogP contribution >= 0.6 is 0 Å². The summed E-state index contributed by atoms with van der Waals surface area (Å²) in [5.41, 5.74) is 5.49. The van der Waals surface area contributed by atoms with Crippen LogP contribution in [0.5, 0.6) is 0 Å². The SMILES string of the molecule is COC(=O)N[C@@H](CF)C(=O)N1CC2(CC2)C[C@H]1c1ncc(-c2ccc(C#Cc3ccc4nc([C@@H]5CC6(CC6)CN5C(=O)[C@@H](C)C(C)C)[nH]c4c3)cc2)[nH]1. The molecule has 11 nitrogen and oxygen atoms in total. The maximum Gasteiger partial charge on any atom is 0.407 e. The van der Waals surface area contributed by atoms with Crippen molar-refractivity contribution in [3.8, 4) is 23.1 Å². The molecule has 53 heavy (non-hydrogen) atoms. The summed E-state index contributed by atoms with van der Waals surface area (Å²) < 4.78 is 18.4. The smallest absolute Gasteiger partial charge is 0.407 e. The van der Waals surface area contributed by atoms with Crippen molar-refractivity contribution in [1.82, 2.24) is 35.1 Å². The van der Waals surface area contributed by atoms with Gasteiger partial charge in [0.2, 0.25) is 11.8 Å². The van der Waals surface area contributed by atoms with Crippen molar-refractivity contribution < 1.29 is 23.5 Å². The number of hydrogen-bond donors (Lipinski definition) is 3. The quantitative estimate of drug-likeness (QED) is 0.179. The third-order valence-electron chi connectivity index (χ3n) is 12.1. The molecule has 12 heteroatoms. The zero-order valence-corrected chi connectivity index (χ0v) is 30.7. The Labute approximate surface area is 308 Å². The molecule has 4 aromatic rings. The van der Waals surface area contributed by atoms with Crippen molar-refractivity contribution in [3.05, 3.63) is 71.4 Å². The van der Waals surface area contributed by atoms with Crippen LogP contribution in [0.1, 0.15) is 94.2 Å². The van der Waals surface area contributed by atoms with E-state index in [4.69, 9.17) is 4.98 Å². The number of rotatable bonds is 8. The van der Waals surface area contributed by atoms with E-state index >= 15 is 0 Å². The number of nitrogens with one attached hydrogen (secondary N) is 3. The van der Waals surface area contributed by atoms with E-state index in [0.29, 0.717) is 12.4 Å². The first-order valence-corrected chi connectivity index (χ1v) is 18.7. The number of aromatic amines is 2. The Morgan fingerprint density at radius 2 is 1.53 bits per heavy atom. The lowest BCUT2D eigenvalue weighted by Crippen LogP contribution is -2.49. The fourth-order valence-electron chi connectivity index (χ4n) is 8.05. The summed E-state index contributed by atoms with van der Waals surface area (Å²) in [6, 6.07) is 12.2. The van der Waals surface area contributed by atoms with Crippen molar-refractivity contribution in [2.45, 2.75) is 77.4 Å². The van der Waals surface area contributed by atoms with Crippen molar-refractivity contribution >= 4 is 28.9 Å². The molecule has 3 N–H and O–H groups in total. The molecular formula is C41H46FN7O4. The van der Waals surface area contributed by atoms with Gasteiger partial charge >= 0.3 is 6.09 Å². The molecule has 0 unspecified atom stereocenters. The number of imidazole rings is 2. The Bertz CT molecular complexity index is 2120. The molecule has 2 saturated heterocycles. The second-order valence-electron chi connectivity index (χ2n) is 16.1. The summed E-state index contributed by atoms with van der Waals surface area (Å²) in [5.74, 6) is 8.06. The number of carbonyl (C=O) groups excluding carboxylic acids is 3. The van der Waals surface area contributed by atoms with Gasteiger partial charge in [0.1, 0.15) is 24.4 Å². The summed E-state index contributed by atoms with van der Waals surface area (Å²) in [4.78, 5) is 58.8. The Balaban J connectivity index is 0.956. The van der Waals surface area contributed by atoms with Crippen LogP contribution in [0.3, 0.4) is 0 Å². The number of carbonyl (C=O) groups is 3. The average Bonchev–Trinajstić information content (AvgIpc) is 3.78. The Morgan fingerprint density at radius 3 is 2.15 bits per heavy atom. The molecule has 2 aromatic carbocycles. The van der Waals surface area contributed by atoms with E-state index < -0.39 is 24.7 Å². The minimum atomic E-state index is -1.31. The third kappa shape index (κ3) is 6.78. The monoisotopic (exact) mass is 719 g/mol. The third-order valence-corrected chi connectivity index (χ3v) is 12.1. The fourth-order valence-corrected chi connectivity index (χ4v) is 8.05. The summed E-state index contributed by atoms with van der Waals surface area (Å²) in [5, 5.41) is 2.32. The molecule has 4 heterocycles. The number of alkyl halides is 1. The highest BCUT2D eigenvalue weighted by Crippen LogP contribution is 2.59. The largest absolute Gasteiger partial charge is 0.453 e. The van der Waals surface area contributed by atoms with Gasteiger partial charge in [-0.15, -0.1) is 0 Å². The zero-order valence-electron chi connectivity index (χ0n) is 30.7. The number of alkyl carbamates (subject to hydrolysis) is 1.